The molecule has 2 amide bonds. The number of halogens is 1. The first-order valence-electron chi connectivity index (χ1n) is 10.5. The fourth-order valence-corrected chi connectivity index (χ4v) is 3.67. The molecule has 7 nitrogen and oxygen atoms in total. The van der Waals surface area contributed by atoms with E-state index >= 15 is 0 Å². The number of hydrogen-bond acceptors (Lipinski definition) is 5. The summed E-state index contributed by atoms with van der Waals surface area (Å²) in [4.78, 5) is 24.8. The van der Waals surface area contributed by atoms with E-state index in [1.807, 2.05) is 4.72 Å². The number of nitrogens with one attached hydrogen (secondary N) is 2. The largest absolute Gasteiger partial charge is 0.497 e. The molecule has 0 aliphatic heterocycles. The summed E-state index contributed by atoms with van der Waals surface area (Å²) < 4.78 is 65.6. The third-order valence-corrected chi connectivity index (χ3v) is 5.10. The molecule has 9 heteroatoms. The molecule has 0 aromatic heterocycles. The second kappa shape index (κ2) is 8.66. The van der Waals surface area contributed by atoms with Crippen LogP contribution in [0.2, 0.25) is 0 Å². The Labute approximate surface area is 178 Å². The number of sulfonamides is 1. The zero-order valence-electron chi connectivity index (χ0n) is 19.0. The SMILES string of the molecule is [2H]C([2H])([2H])Oc1cccc(-c2ccc(NC(=O)C3=C(C(=O)NS(C)(=O)=O)CCC3)c(F)c2)c1. The standard InChI is InChI=1S/C21H21FN2O5S/c1-29-15-6-3-5-13(11-15)14-9-10-19(18(22)12-14)23-20(25)16-7-4-8-17(16)21(26)24-30(2,27)28/h3,5-6,9-12H,4,7-8H2,1-2H3,(H,23,25)(H,24,26)/i1D3. The number of carbonyl (C=O) groups is 2. The summed E-state index contributed by atoms with van der Waals surface area (Å²) in [5.41, 5.74) is 0.970. The maximum absolute atomic E-state index is 14.7. The Balaban J connectivity index is 1.80. The number of amides is 2. The maximum Gasteiger partial charge on any atom is 0.261 e. The van der Waals surface area contributed by atoms with Crippen molar-refractivity contribution >= 4 is 27.5 Å². The highest BCUT2D eigenvalue weighted by molar-refractivity contribution is 7.89. The third-order valence-electron chi connectivity index (χ3n) is 4.55. The van der Waals surface area contributed by atoms with Crippen LogP contribution >= 0.6 is 0 Å². The number of methoxy groups -OCH3 is 1. The molecule has 2 aromatic rings. The van der Waals surface area contributed by atoms with Crippen LogP contribution in [-0.4, -0.2) is 33.5 Å². The van der Waals surface area contributed by atoms with Gasteiger partial charge in [0.2, 0.25) is 10.0 Å². The number of ether oxygens (including phenoxy) is 1. The molecule has 2 N–H and O–H groups in total. The Bertz CT molecular complexity index is 1240. The first kappa shape index (κ1) is 17.6. The average molecular weight is 435 g/mol. The zero-order valence-corrected chi connectivity index (χ0v) is 16.8. The van der Waals surface area contributed by atoms with Crippen LogP contribution in [0.1, 0.15) is 23.4 Å². The van der Waals surface area contributed by atoms with Gasteiger partial charge in [0.15, 0.2) is 0 Å². The predicted molar refractivity (Wildman–Crippen MR) is 111 cm³/mol. The molecule has 3 rings (SSSR count). The third kappa shape index (κ3) is 5.04. The van der Waals surface area contributed by atoms with Crippen molar-refractivity contribution in [2.75, 3.05) is 18.6 Å². The lowest BCUT2D eigenvalue weighted by Gasteiger charge is -2.11. The first-order valence-corrected chi connectivity index (χ1v) is 10.9. The van der Waals surface area contributed by atoms with Crippen LogP contribution in [-0.2, 0) is 19.6 Å². The lowest BCUT2D eigenvalue weighted by molar-refractivity contribution is -0.117. The molecule has 0 saturated carbocycles. The highest BCUT2D eigenvalue weighted by Crippen LogP contribution is 2.30. The number of anilines is 1. The molecule has 0 radical (unpaired) electrons. The summed E-state index contributed by atoms with van der Waals surface area (Å²) in [6.45, 7) is 0. The maximum atomic E-state index is 14.7. The molecule has 0 heterocycles. The second-order valence-corrected chi connectivity index (χ2v) is 8.54. The average Bonchev–Trinajstić information content (AvgIpc) is 3.17. The quantitative estimate of drug-likeness (QED) is 0.726. The molecular weight excluding hydrogens is 411 g/mol. The van der Waals surface area contributed by atoms with Crippen molar-refractivity contribution in [1.82, 2.24) is 4.72 Å². The van der Waals surface area contributed by atoms with E-state index in [1.165, 1.54) is 30.3 Å². The van der Waals surface area contributed by atoms with Crippen LogP contribution in [0.4, 0.5) is 10.1 Å². The minimum atomic E-state index is -3.79. The van der Waals surface area contributed by atoms with E-state index in [4.69, 9.17) is 8.85 Å². The molecule has 1 aliphatic rings. The van der Waals surface area contributed by atoms with Crippen molar-refractivity contribution in [2.24, 2.45) is 0 Å². The minimum absolute atomic E-state index is 0.0565. The lowest BCUT2D eigenvalue weighted by atomic mass is 10.0. The Morgan fingerprint density at radius 3 is 2.43 bits per heavy atom. The Kier molecular flexibility index (Phi) is 5.09. The van der Waals surface area contributed by atoms with E-state index in [1.54, 1.807) is 12.1 Å². The van der Waals surface area contributed by atoms with Gasteiger partial charge >= 0.3 is 0 Å². The smallest absolute Gasteiger partial charge is 0.261 e. The molecule has 0 spiro atoms. The topological polar surface area (TPSA) is 102 Å². The van der Waals surface area contributed by atoms with E-state index in [0.29, 0.717) is 17.5 Å². The number of hydrogen-bond donors (Lipinski definition) is 2. The van der Waals surface area contributed by atoms with Gasteiger partial charge < -0.3 is 10.1 Å². The minimum Gasteiger partial charge on any atom is -0.497 e. The van der Waals surface area contributed by atoms with Crippen LogP contribution in [0.3, 0.4) is 0 Å². The monoisotopic (exact) mass is 435 g/mol. The van der Waals surface area contributed by atoms with Crippen LogP contribution in [0.15, 0.2) is 53.6 Å². The molecule has 30 heavy (non-hydrogen) atoms. The van der Waals surface area contributed by atoms with Crippen molar-refractivity contribution in [1.29, 1.82) is 0 Å². The Hall–Kier alpha value is -3.20. The molecule has 0 bridgehead atoms. The summed E-state index contributed by atoms with van der Waals surface area (Å²) >= 11 is 0. The fraction of sp³-hybridized carbons (Fsp3) is 0.238. The van der Waals surface area contributed by atoms with Gasteiger partial charge in [-0.05, 0) is 54.7 Å². The summed E-state index contributed by atoms with van der Waals surface area (Å²) in [6.07, 6.45) is 1.82. The van der Waals surface area contributed by atoms with Crippen LogP contribution in [0.25, 0.3) is 11.1 Å². The highest BCUT2D eigenvalue weighted by atomic mass is 32.2. The molecule has 0 saturated heterocycles. The van der Waals surface area contributed by atoms with Gasteiger partial charge in [-0.25, -0.2) is 17.5 Å². The Morgan fingerprint density at radius 2 is 1.77 bits per heavy atom. The fourth-order valence-electron chi connectivity index (χ4n) is 3.21. The molecule has 0 unspecified atom stereocenters. The van der Waals surface area contributed by atoms with E-state index in [9.17, 15) is 22.4 Å². The van der Waals surface area contributed by atoms with Gasteiger partial charge in [-0.15, -0.1) is 0 Å². The molecular formula is C21H21FN2O5S. The summed E-state index contributed by atoms with van der Waals surface area (Å²) in [7, 11) is -6.41. The molecule has 0 fully saturated rings. The molecule has 2 aromatic carbocycles. The number of carbonyl (C=O) groups excluding carboxylic acids is 2. The van der Waals surface area contributed by atoms with Gasteiger partial charge in [-0.1, -0.05) is 18.2 Å². The lowest BCUT2D eigenvalue weighted by Crippen LogP contribution is -2.31. The summed E-state index contributed by atoms with van der Waals surface area (Å²) in [6, 6.07) is 10.2. The zero-order chi connectivity index (χ0) is 24.4. The number of benzene rings is 2. The van der Waals surface area contributed by atoms with Gasteiger partial charge in [0, 0.05) is 11.1 Å². The van der Waals surface area contributed by atoms with Gasteiger partial charge in [0.1, 0.15) is 11.6 Å². The molecule has 158 valence electrons. The van der Waals surface area contributed by atoms with Crippen LogP contribution < -0.4 is 14.8 Å². The number of rotatable bonds is 6. The van der Waals surface area contributed by atoms with Gasteiger partial charge in [-0.2, -0.15) is 0 Å². The van der Waals surface area contributed by atoms with Gasteiger partial charge in [0.05, 0.1) is 23.1 Å². The first-order chi connectivity index (χ1) is 15.3. The van der Waals surface area contributed by atoms with E-state index in [0.717, 1.165) is 6.26 Å². The van der Waals surface area contributed by atoms with Crippen molar-refractivity contribution in [3.63, 3.8) is 0 Å². The second-order valence-electron chi connectivity index (χ2n) is 6.79. The van der Waals surface area contributed by atoms with Crippen molar-refractivity contribution in [3.8, 4) is 16.9 Å². The summed E-state index contributed by atoms with van der Waals surface area (Å²) in [5.74, 6) is -2.21. The van der Waals surface area contributed by atoms with Crippen LogP contribution in [0.5, 0.6) is 5.75 Å². The molecule has 1 aliphatic carbocycles. The van der Waals surface area contributed by atoms with E-state index < -0.39 is 34.7 Å². The van der Waals surface area contributed by atoms with E-state index in [2.05, 4.69) is 5.32 Å². The van der Waals surface area contributed by atoms with Crippen molar-refractivity contribution < 1.29 is 31.2 Å². The van der Waals surface area contributed by atoms with E-state index in [-0.39, 0.29) is 35.4 Å². The Morgan fingerprint density at radius 1 is 1.07 bits per heavy atom. The van der Waals surface area contributed by atoms with Crippen molar-refractivity contribution in [2.45, 2.75) is 19.3 Å². The summed E-state index contributed by atoms with van der Waals surface area (Å²) in [5, 5.41) is 2.42. The van der Waals surface area contributed by atoms with Gasteiger partial charge in [-0.3, -0.25) is 9.59 Å². The van der Waals surface area contributed by atoms with Crippen molar-refractivity contribution in [3.05, 3.63) is 59.4 Å². The molecule has 0 atom stereocenters. The predicted octanol–water partition coefficient (Wildman–Crippen LogP) is 3.00. The van der Waals surface area contributed by atoms with Crippen LogP contribution in [0, 0.1) is 5.82 Å². The van der Waals surface area contributed by atoms with Gasteiger partial charge in [0.25, 0.3) is 11.8 Å². The normalized spacial score (nSPS) is 15.7. The highest BCUT2D eigenvalue weighted by Gasteiger charge is 2.27.